The van der Waals surface area contributed by atoms with Crippen LogP contribution in [-0.2, 0) is 0 Å². The molecule has 5 heteroatoms. The maximum absolute atomic E-state index is 6.54. The van der Waals surface area contributed by atoms with Gasteiger partial charge in [-0.3, -0.25) is 0 Å². The van der Waals surface area contributed by atoms with E-state index in [1.807, 2.05) is 36.4 Å². The van der Waals surface area contributed by atoms with Crippen LogP contribution in [0.25, 0.3) is 76.9 Å². The van der Waals surface area contributed by atoms with Gasteiger partial charge in [-0.05, 0) is 69.6 Å². The van der Waals surface area contributed by atoms with Crippen molar-refractivity contribution >= 4 is 66.3 Å². The Kier molecular flexibility index (Phi) is 6.85. The molecule has 0 bridgehead atoms. The maximum atomic E-state index is 6.54. The Hall–Kier alpha value is -7.24. The van der Waals surface area contributed by atoms with Gasteiger partial charge in [-0.25, -0.2) is 9.98 Å². The minimum Gasteiger partial charge on any atom is -0.456 e. The number of furan rings is 2. The van der Waals surface area contributed by atoms with Gasteiger partial charge < -0.3 is 14.2 Å². The lowest BCUT2D eigenvalue weighted by atomic mass is 9.99. The lowest BCUT2D eigenvalue weighted by Gasteiger charge is -2.24. The summed E-state index contributed by atoms with van der Waals surface area (Å²) in [4.78, 5) is 10.4. The molecule has 8 aromatic carbocycles. The number of nitrogens with zero attached hydrogens (tertiary/aromatic N) is 2. The third-order valence-electron chi connectivity index (χ3n) is 10.6. The van der Waals surface area contributed by atoms with Gasteiger partial charge in [0.05, 0.1) is 0 Å². The zero-order chi connectivity index (χ0) is 35.6. The van der Waals surface area contributed by atoms with E-state index in [9.17, 15) is 0 Å². The van der Waals surface area contributed by atoms with Crippen molar-refractivity contribution in [2.45, 2.75) is 6.17 Å². The number of benzene rings is 8. The summed E-state index contributed by atoms with van der Waals surface area (Å²) in [5.74, 6) is 1.43. The largest absolute Gasteiger partial charge is 0.456 e. The van der Waals surface area contributed by atoms with Crippen molar-refractivity contribution in [2.75, 3.05) is 0 Å². The molecule has 10 aromatic rings. The summed E-state index contributed by atoms with van der Waals surface area (Å²) in [6.07, 6.45) is -0.339. The van der Waals surface area contributed by atoms with Crippen LogP contribution in [0.4, 0.5) is 0 Å². The van der Waals surface area contributed by atoms with Gasteiger partial charge in [0.1, 0.15) is 34.3 Å². The number of nitrogens with one attached hydrogen (secondary N) is 1. The summed E-state index contributed by atoms with van der Waals surface area (Å²) < 4.78 is 13.0. The molecule has 1 N–H and O–H groups in total. The van der Waals surface area contributed by atoms with E-state index in [2.05, 4.69) is 145 Å². The number of aliphatic imine (C=N–C) groups is 2. The highest BCUT2D eigenvalue weighted by Crippen LogP contribution is 2.39. The fourth-order valence-corrected chi connectivity index (χ4v) is 7.85. The number of amidine groups is 2. The standard InChI is InChI=1S/C49H31N3O2/c1-3-10-30(11-4-1)31-18-20-34(21-19-31)48-50-47(33-13-5-2-6-14-33)51-49(52-48)40-16-9-17-43-45(40)41-28-35(24-27-42(41)53-43)36-23-25-38-39-26-22-32-12-7-8-15-37(32)46(39)54-44(38)29-36/h1-29,48H,(H,50,51,52). The minimum atomic E-state index is -0.339. The molecule has 1 aliphatic rings. The van der Waals surface area contributed by atoms with E-state index >= 15 is 0 Å². The SMILES string of the molecule is c1ccc(C2=NC(c3cccc4oc5ccc(-c6ccc7c(c6)oc6c8ccccc8ccc76)cc5c34)=NC(c3ccc(-c4ccccc4)cc3)N2)cc1. The van der Waals surface area contributed by atoms with Crippen LogP contribution in [0.1, 0.15) is 22.9 Å². The number of fused-ring (bicyclic) bond motifs is 8. The molecule has 54 heavy (non-hydrogen) atoms. The molecule has 1 aliphatic heterocycles. The molecular weight excluding hydrogens is 663 g/mol. The Bertz CT molecular complexity index is 3120. The maximum Gasteiger partial charge on any atom is 0.160 e. The van der Waals surface area contributed by atoms with Gasteiger partial charge in [0, 0.05) is 38.1 Å². The van der Waals surface area contributed by atoms with Crippen molar-refractivity contribution in [3.05, 3.63) is 193 Å². The number of hydrogen-bond donors (Lipinski definition) is 1. The summed E-state index contributed by atoms with van der Waals surface area (Å²) in [6.45, 7) is 0. The monoisotopic (exact) mass is 693 g/mol. The lowest BCUT2D eigenvalue weighted by molar-refractivity contribution is 0.668. The summed E-state index contributed by atoms with van der Waals surface area (Å²) in [5.41, 5.74) is 10.8. The highest BCUT2D eigenvalue weighted by molar-refractivity contribution is 6.22. The van der Waals surface area contributed by atoms with E-state index in [-0.39, 0.29) is 6.17 Å². The van der Waals surface area contributed by atoms with Crippen LogP contribution < -0.4 is 5.32 Å². The molecule has 0 spiro atoms. The second-order valence-electron chi connectivity index (χ2n) is 13.8. The van der Waals surface area contributed by atoms with Gasteiger partial charge >= 0.3 is 0 Å². The molecular formula is C49H31N3O2. The number of hydrogen-bond acceptors (Lipinski definition) is 5. The predicted octanol–water partition coefficient (Wildman–Crippen LogP) is 12.5. The molecule has 3 heterocycles. The van der Waals surface area contributed by atoms with E-state index in [0.717, 1.165) is 88.5 Å². The zero-order valence-electron chi connectivity index (χ0n) is 29.0. The summed E-state index contributed by atoms with van der Waals surface area (Å²) in [7, 11) is 0. The fraction of sp³-hybridized carbons (Fsp3) is 0.0204. The van der Waals surface area contributed by atoms with Gasteiger partial charge in [-0.2, -0.15) is 0 Å². The quantitative estimate of drug-likeness (QED) is 0.195. The number of rotatable bonds is 5. The Morgan fingerprint density at radius 2 is 1.15 bits per heavy atom. The Morgan fingerprint density at radius 1 is 0.444 bits per heavy atom. The molecule has 5 nitrogen and oxygen atoms in total. The molecule has 0 aliphatic carbocycles. The predicted molar refractivity (Wildman–Crippen MR) is 221 cm³/mol. The second kappa shape index (κ2) is 12.2. The first-order chi connectivity index (χ1) is 26.7. The summed E-state index contributed by atoms with van der Waals surface area (Å²) in [6, 6.07) is 61.0. The van der Waals surface area contributed by atoms with E-state index in [4.69, 9.17) is 18.8 Å². The first kappa shape index (κ1) is 30.4. The molecule has 0 amide bonds. The van der Waals surface area contributed by atoms with Crippen LogP contribution in [-0.4, -0.2) is 11.7 Å². The first-order valence-electron chi connectivity index (χ1n) is 18.2. The smallest absolute Gasteiger partial charge is 0.160 e. The molecule has 11 rings (SSSR count). The molecule has 254 valence electrons. The molecule has 0 radical (unpaired) electrons. The second-order valence-corrected chi connectivity index (χ2v) is 13.8. The lowest BCUT2D eigenvalue weighted by Crippen LogP contribution is -2.33. The Morgan fingerprint density at radius 3 is 2.00 bits per heavy atom. The molecule has 2 aromatic heterocycles. The average molecular weight is 694 g/mol. The van der Waals surface area contributed by atoms with Crippen LogP contribution in [0.2, 0.25) is 0 Å². The van der Waals surface area contributed by atoms with Crippen molar-refractivity contribution < 1.29 is 8.83 Å². The van der Waals surface area contributed by atoms with Gasteiger partial charge in [0.25, 0.3) is 0 Å². The van der Waals surface area contributed by atoms with E-state index < -0.39 is 0 Å². The average Bonchev–Trinajstić information content (AvgIpc) is 3.82. The van der Waals surface area contributed by atoms with Gasteiger partial charge in [0.2, 0.25) is 0 Å². The van der Waals surface area contributed by atoms with Crippen molar-refractivity contribution in [1.29, 1.82) is 0 Å². The summed E-state index contributed by atoms with van der Waals surface area (Å²) >= 11 is 0. The van der Waals surface area contributed by atoms with E-state index in [1.54, 1.807) is 0 Å². The molecule has 0 saturated heterocycles. The molecule has 0 saturated carbocycles. The third kappa shape index (κ3) is 5.01. The van der Waals surface area contributed by atoms with Gasteiger partial charge in [0.15, 0.2) is 5.84 Å². The van der Waals surface area contributed by atoms with Gasteiger partial charge in [-0.15, -0.1) is 0 Å². The molecule has 1 unspecified atom stereocenters. The van der Waals surface area contributed by atoms with Crippen LogP contribution in [0.3, 0.4) is 0 Å². The highest BCUT2D eigenvalue weighted by atomic mass is 16.3. The molecule has 1 atom stereocenters. The van der Waals surface area contributed by atoms with Gasteiger partial charge in [-0.1, -0.05) is 140 Å². The zero-order valence-corrected chi connectivity index (χ0v) is 29.0. The highest BCUT2D eigenvalue weighted by Gasteiger charge is 2.24. The minimum absolute atomic E-state index is 0.339. The third-order valence-corrected chi connectivity index (χ3v) is 10.6. The van der Waals surface area contributed by atoms with Crippen LogP contribution in [0, 0.1) is 0 Å². The Balaban J connectivity index is 1.03. The Labute approximate surface area is 310 Å². The van der Waals surface area contributed by atoms with Crippen molar-refractivity contribution in [1.82, 2.24) is 5.32 Å². The summed E-state index contributed by atoms with van der Waals surface area (Å²) in [5, 5.41) is 10.1. The van der Waals surface area contributed by atoms with E-state index in [1.165, 1.54) is 10.9 Å². The van der Waals surface area contributed by atoms with Crippen molar-refractivity contribution in [3.63, 3.8) is 0 Å². The topological polar surface area (TPSA) is 63.0 Å². The normalized spacial score (nSPS) is 14.5. The van der Waals surface area contributed by atoms with Crippen molar-refractivity contribution in [2.24, 2.45) is 9.98 Å². The fourth-order valence-electron chi connectivity index (χ4n) is 7.85. The molecule has 0 fully saturated rings. The first-order valence-corrected chi connectivity index (χ1v) is 18.2. The van der Waals surface area contributed by atoms with E-state index in [0.29, 0.717) is 5.84 Å². The van der Waals surface area contributed by atoms with Crippen molar-refractivity contribution in [3.8, 4) is 22.3 Å². The van der Waals surface area contributed by atoms with Crippen LogP contribution in [0.15, 0.2) is 195 Å². The van der Waals surface area contributed by atoms with Crippen LogP contribution >= 0.6 is 0 Å². The van der Waals surface area contributed by atoms with Crippen LogP contribution in [0.5, 0.6) is 0 Å².